The fourth-order valence-corrected chi connectivity index (χ4v) is 5.14. The number of nitrogens with zero attached hydrogens (tertiary/aromatic N) is 3. The third-order valence-corrected chi connectivity index (χ3v) is 6.59. The maximum Gasteiger partial charge on any atom is 0.289 e. The molecule has 0 bridgehead atoms. The lowest BCUT2D eigenvalue weighted by atomic mass is 9.79. The molecule has 1 aromatic carbocycles. The molecule has 1 atom stereocenters. The van der Waals surface area contributed by atoms with Crippen LogP contribution >= 0.6 is 0 Å². The number of hydrogen-bond donors (Lipinski definition) is 0. The molecule has 5 heteroatoms. The molecule has 2 aromatic rings. The Hall–Kier alpha value is -2.11. The van der Waals surface area contributed by atoms with Crippen molar-refractivity contribution in [2.75, 3.05) is 46.8 Å². The van der Waals surface area contributed by atoms with Gasteiger partial charge in [-0.3, -0.25) is 4.79 Å². The van der Waals surface area contributed by atoms with E-state index in [1.54, 1.807) is 0 Å². The van der Waals surface area contributed by atoms with Gasteiger partial charge in [-0.15, -0.1) is 0 Å². The number of carbonyl (C=O) groups is 1. The highest BCUT2D eigenvalue weighted by Crippen LogP contribution is 2.39. The lowest BCUT2D eigenvalue weighted by Crippen LogP contribution is -2.45. The van der Waals surface area contributed by atoms with Crippen LogP contribution in [0.25, 0.3) is 0 Å². The second-order valence-corrected chi connectivity index (χ2v) is 9.45. The number of aryl methyl sites for hydroxylation is 1. The fraction of sp³-hybridized carbons (Fsp3) is 0.560. The van der Waals surface area contributed by atoms with E-state index in [-0.39, 0.29) is 11.3 Å². The highest BCUT2D eigenvalue weighted by atomic mass is 16.4. The van der Waals surface area contributed by atoms with Gasteiger partial charge in [0.25, 0.3) is 5.91 Å². The van der Waals surface area contributed by atoms with Crippen LogP contribution in [0.2, 0.25) is 0 Å². The van der Waals surface area contributed by atoms with Crippen LogP contribution in [-0.2, 0) is 13.0 Å². The van der Waals surface area contributed by atoms with Crippen molar-refractivity contribution in [2.24, 2.45) is 5.41 Å². The van der Waals surface area contributed by atoms with E-state index in [1.807, 2.05) is 36.0 Å². The molecule has 4 rings (SSSR count). The molecule has 30 heavy (non-hydrogen) atoms. The van der Waals surface area contributed by atoms with Gasteiger partial charge < -0.3 is 19.1 Å². The molecule has 2 aliphatic heterocycles. The molecule has 0 N–H and O–H groups in total. The van der Waals surface area contributed by atoms with Crippen molar-refractivity contribution in [2.45, 2.75) is 38.6 Å². The van der Waals surface area contributed by atoms with E-state index >= 15 is 0 Å². The standard InChI is InChI=1S/C25H35N3O2/c1-26(2)18-22-11-12-23(30-22)24(29)28-17-14-25(20-28)13-7-16-27(19-25)15-6-10-21-8-4-3-5-9-21/h3-5,8-9,11-12H,6-7,10,13-20H2,1-2H3. The van der Waals surface area contributed by atoms with Crippen molar-refractivity contribution in [3.8, 4) is 0 Å². The van der Waals surface area contributed by atoms with Gasteiger partial charge in [0, 0.05) is 25.0 Å². The Labute approximate surface area is 180 Å². The Morgan fingerprint density at radius 3 is 2.70 bits per heavy atom. The second-order valence-electron chi connectivity index (χ2n) is 9.45. The number of likely N-dealkylation sites (tertiary alicyclic amines) is 2. The van der Waals surface area contributed by atoms with Crippen molar-refractivity contribution in [1.82, 2.24) is 14.7 Å². The molecular formula is C25H35N3O2. The molecule has 5 nitrogen and oxygen atoms in total. The first-order chi connectivity index (χ1) is 14.5. The smallest absolute Gasteiger partial charge is 0.289 e. The fourth-order valence-electron chi connectivity index (χ4n) is 5.14. The molecule has 2 saturated heterocycles. The van der Waals surface area contributed by atoms with Crippen LogP contribution in [0.5, 0.6) is 0 Å². The summed E-state index contributed by atoms with van der Waals surface area (Å²) in [6, 6.07) is 14.5. The zero-order valence-electron chi connectivity index (χ0n) is 18.5. The van der Waals surface area contributed by atoms with E-state index < -0.39 is 0 Å². The van der Waals surface area contributed by atoms with Gasteiger partial charge in [0.2, 0.25) is 0 Å². The molecule has 1 amide bonds. The van der Waals surface area contributed by atoms with Gasteiger partial charge in [0.05, 0.1) is 6.54 Å². The zero-order valence-corrected chi connectivity index (χ0v) is 18.5. The molecule has 1 spiro atoms. The molecule has 1 unspecified atom stereocenters. The van der Waals surface area contributed by atoms with Crippen LogP contribution in [-0.4, -0.2) is 67.4 Å². The van der Waals surface area contributed by atoms with Gasteiger partial charge in [0.1, 0.15) is 5.76 Å². The number of rotatable bonds is 7. The van der Waals surface area contributed by atoms with Crippen molar-refractivity contribution >= 4 is 5.91 Å². The van der Waals surface area contributed by atoms with Crippen molar-refractivity contribution < 1.29 is 9.21 Å². The van der Waals surface area contributed by atoms with Gasteiger partial charge in [-0.25, -0.2) is 0 Å². The van der Waals surface area contributed by atoms with Crippen molar-refractivity contribution in [1.29, 1.82) is 0 Å². The number of furan rings is 1. The van der Waals surface area contributed by atoms with E-state index in [0.717, 1.165) is 51.3 Å². The van der Waals surface area contributed by atoms with Gasteiger partial charge in [-0.1, -0.05) is 30.3 Å². The van der Waals surface area contributed by atoms with Gasteiger partial charge in [-0.05, 0) is 77.0 Å². The first kappa shape index (κ1) is 21.1. The minimum Gasteiger partial charge on any atom is -0.455 e. The van der Waals surface area contributed by atoms with E-state index in [0.29, 0.717) is 5.76 Å². The Kier molecular flexibility index (Phi) is 6.59. The van der Waals surface area contributed by atoms with Gasteiger partial charge >= 0.3 is 0 Å². The lowest BCUT2D eigenvalue weighted by molar-refractivity contribution is 0.0660. The molecule has 1 aromatic heterocycles. The molecule has 0 aliphatic carbocycles. The van der Waals surface area contributed by atoms with E-state index in [1.165, 1.54) is 31.4 Å². The van der Waals surface area contributed by atoms with Crippen LogP contribution in [0.1, 0.15) is 47.6 Å². The summed E-state index contributed by atoms with van der Waals surface area (Å²) in [7, 11) is 4.01. The summed E-state index contributed by atoms with van der Waals surface area (Å²) in [5, 5.41) is 0. The number of carbonyl (C=O) groups excluding carboxylic acids is 1. The molecule has 162 valence electrons. The Morgan fingerprint density at radius 1 is 1.07 bits per heavy atom. The largest absolute Gasteiger partial charge is 0.455 e. The van der Waals surface area contributed by atoms with E-state index in [4.69, 9.17) is 4.42 Å². The number of hydrogen-bond acceptors (Lipinski definition) is 4. The quantitative estimate of drug-likeness (QED) is 0.695. The topological polar surface area (TPSA) is 39.9 Å². The summed E-state index contributed by atoms with van der Waals surface area (Å²) in [4.78, 5) is 19.7. The molecular weight excluding hydrogens is 374 g/mol. The van der Waals surface area contributed by atoms with Gasteiger partial charge in [0.15, 0.2) is 5.76 Å². The number of benzene rings is 1. The van der Waals surface area contributed by atoms with E-state index in [9.17, 15) is 4.79 Å². The number of piperidine rings is 1. The summed E-state index contributed by atoms with van der Waals surface area (Å²) >= 11 is 0. The van der Waals surface area contributed by atoms with Crippen LogP contribution in [0, 0.1) is 5.41 Å². The molecule has 3 heterocycles. The SMILES string of the molecule is CN(C)Cc1ccc(C(=O)N2CCC3(CCCN(CCCc4ccccc4)C3)C2)o1. The maximum absolute atomic E-state index is 13.0. The minimum absolute atomic E-state index is 0.0538. The van der Waals surface area contributed by atoms with Crippen LogP contribution < -0.4 is 0 Å². The zero-order chi connectivity index (χ0) is 21.0. The Bertz CT molecular complexity index is 832. The molecule has 2 aliphatic rings. The molecule has 0 radical (unpaired) electrons. The predicted molar refractivity (Wildman–Crippen MR) is 119 cm³/mol. The summed E-state index contributed by atoms with van der Waals surface area (Å²) in [6.07, 6.45) is 5.92. The monoisotopic (exact) mass is 409 g/mol. The average Bonchev–Trinajstić information content (AvgIpc) is 3.36. The highest BCUT2D eigenvalue weighted by molar-refractivity contribution is 5.91. The van der Waals surface area contributed by atoms with Crippen molar-refractivity contribution in [3.05, 3.63) is 59.5 Å². The Morgan fingerprint density at radius 2 is 1.90 bits per heavy atom. The van der Waals surface area contributed by atoms with Crippen LogP contribution in [0.4, 0.5) is 0 Å². The van der Waals surface area contributed by atoms with Gasteiger partial charge in [-0.2, -0.15) is 0 Å². The summed E-state index contributed by atoms with van der Waals surface area (Å²) in [5.74, 6) is 1.39. The second kappa shape index (κ2) is 9.36. The van der Waals surface area contributed by atoms with Crippen LogP contribution in [0.15, 0.2) is 46.9 Å². The first-order valence-electron chi connectivity index (χ1n) is 11.3. The summed E-state index contributed by atoms with van der Waals surface area (Å²) in [6.45, 7) is 5.89. The average molecular weight is 410 g/mol. The van der Waals surface area contributed by atoms with Crippen LogP contribution in [0.3, 0.4) is 0 Å². The third kappa shape index (κ3) is 5.13. The highest BCUT2D eigenvalue weighted by Gasteiger charge is 2.43. The van der Waals surface area contributed by atoms with E-state index in [2.05, 4.69) is 35.2 Å². The maximum atomic E-state index is 13.0. The molecule has 0 saturated carbocycles. The lowest BCUT2D eigenvalue weighted by Gasteiger charge is -2.40. The normalized spacial score (nSPS) is 22.3. The Balaban J connectivity index is 1.29. The minimum atomic E-state index is 0.0538. The first-order valence-corrected chi connectivity index (χ1v) is 11.3. The van der Waals surface area contributed by atoms with Crippen molar-refractivity contribution in [3.63, 3.8) is 0 Å². The number of amides is 1. The summed E-state index contributed by atoms with van der Waals surface area (Å²) < 4.78 is 5.82. The molecule has 2 fully saturated rings. The third-order valence-electron chi connectivity index (χ3n) is 6.59. The summed E-state index contributed by atoms with van der Waals surface area (Å²) in [5.41, 5.74) is 1.69. The predicted octanol–water partition coefficient (Wildman–Crippen LogP) is 3.90.